The summed E-state index contributed by atoms with van der Waals surface area (Å²) in [6.07, 6.45) is 1.19. The monoisotopic (exact) mass is 263 g/mol. The van der Waals surface area contributed by atoms with E-state index in [9.17, 15) is 9.90 Å². The molecule has 2 rings (SSSR count). The molecule has 0 radical (unpaired) electrons. The number of benzene rings is 1. The van der Waals surface area contributed by atoms with Crippen molar-refractivity contribution >= 4 is 17.3 Å². The molecule has 0 saturated carbocycles. The molecule has 1 amide bonds. The fourth-order valence-electron chi connectivity index (χ4n) is 2.42. The van der Waals surface area contributed by atoms with Crippen molar-refractivity contribution in [2.75, 3.05) is 37.8 Å². The number of carbonyl (C=O) groups excluding carboxylic acids is 1. The molecule has 1 aliphatic rings. The molecule has 0 aliphatic carbocycles. The van der Waals surface area contributed by atoms with Crippen LogP contribution in [0.3, 0.4) is 0 Å². The molecule has 1 aromatic rings. The first-order valence-electron chi connectivity index (χ1n) is 6.53. The van der Waals surface area contributed by atoms with Gasteiger partial charge in [-0.15, -0.1) is 0 Å². The number of piperidine rings is 1. The molecule has 0 bridgehead atoms. The van der Waals surface area contributed by atoms with Crippen LogP contribution in [0.5, 0.6) is 0 Å². The number of β-amino-alcohol motifs (C(OH)–C–C–N with tert-alkyl or cyclic N) is 1. The normalized spacial score (nSPS) is 19.3. The first-order chi connectivity index (χ1) is 8.99. The minimum absolute atomic E-state index is 0.0604. The number of anilines is 2. The second-order valence-corrected chi connectivity index (χ2v) is 5.22. The van der Waals surface area contributed by atoms with Crippen molar-refractivity contribution in [2.24, 2.45) is 0 Å². The first-order valence-corrected chi connectivity index (χ1v) is 6.53. The van der Waals surface area contributed by atoms with Crippen molar-refractivity contribution in [3.8, 4) is 0 Å². The maximum Gasteiger partial charge on any atom is 0.256 e. The highest BCUT2D eigenvalue weighted by Gasteiger charge is 2.25. The number of nitrogen functional groups attached to an aromatic ring is 1. The van der Waals surface area contributed by atoms with Gasteiger partial charge in [-0.2, -0.15) is 0 Å². The summed E-state index contributed by atoms with van der Waals surface area (Å²) in [7, 11) is 3.79. The number of hydrogen-bond donors (Lipinski definition) is 2. The Kier molecular flexibility index (Phi) is 3.95. The molecule has 1 aromatic carbocycles. The Bertz CT molecular complexity index is 474. The van der Waals surface area contributed by atoms with Crippen molar-refractivity contribution in [2.45, 2.75) is 18.9 Å². The van der Waals surface area contributed by atoms with Gasteiger partial charge in [0.25, 0.3) is 5.91 Å². The number of carbonyl (C=O) groups is 1. The van der Waals surface area contributed by atoms with Gasteiger partial charge in [0.05, 0.1) is 11.7 Å². The summed E-state index contributed by atoms with van der Waals surface area (Å²) in [5.41, 5.74) is 7.80. The van der Waals surface area contributed by atoms with Crippen LogP contribution in [-0.4, -0.2) is 49.2 Å². The van der Waals surface area contributed by atoms with Crippen molar-refractivity contribution in [3.63, 3.8) is 0 Å². The molecule has 5 heteroatoms. The van der Waals surface area contributed by atoms with Crippen molar-refractivity contribution in [3.05, 3.63) is 23.8 Å². The largest absolute Gasteiger partial charge is 0.399 e. The van der Waals surface area contributed by atoms with E-state index in [1.54, 1.807) is 17.0 Å². The van der Waals surface area contributed by atoms with Gasteiger partial charge in [0.2, 0.25) is 0 Å². The number of amides is 1. The van der Waals surface area contributed by atoms with Crippen LogP contribution in [0.4, 0.5) is 11.4 Å². The standard InChI is InChI=1S/C14H21N3O2/c1-16(2)13-6-5-10(15)8-12(13)14(19)17-7-3-4-11(18)9-17/h5-6,8,11,18H,3-4,7,9,15H2,1-2H3/t11-/m0/s1. The molecule has 0 aromatic heterocycles. The third kappa shape index (κ3) is 2.98. The predicted molar refractivity (Wildman–Crippen MR) is 76.3 cm³/mol. The molecule has 0 unspecified atom stereocenters. The van der Waals surface area contributed by atoms with Crippen LogP contribution >= 0.6 is 0 Å². The van der Waals surface area contributed by atoms with Crippen LogP contribution in [0, 0.1) is 0 Å². The fraction of sp³-hybridized carbons (Fsp3) is 0.500. The maximum absolute atomic E-state index is 12.6. The van der Waals surface area contributed by atoms with Gasteiger partial charge in [-0.1, -0.05) is 0 Å². The SMILES string of the molecule is CN(C)c1ccc(N)cc1C(=O)N1CCC[C@H](O)C1. The summed E-state index contributed by atoms with van der Waals surface area (Å²) in [5.74, 6) is -0.0604. The number of likely N-dealkylation sites (tertiary alicyclic amines) is 1. The highest BCUT2D eigenvalue weighted by molar-refractivity contribution is 6.00. The summed E-state index contributed by atoms with van der Waals surface area (Å²) < 4.78 is 0. The molecule has 5 nitrogen and oxygen atoms in total. The number of nitrogens with zero attached hydrogens (tertiary/aromatic N) is 2. The summed E-state index contributed by atoms with van der Waals surface area (Å²) in [6, 6.07) is 5.35. The third-order valence-electron chi connectivity index (χ3n) is 3.42. The zero-order chi connectivity index (χ0) is 14.0. The van der Waals surface area contributed by atoms with Crippen LogP contribution in [0.1, 0.15) is 23.2 Å². The highest BCUT2D eigenvalue weighted by atomic mass is 16.3. The molecule has 1 atom stereocenters. The smallest absolute Gasteiger partial charge is 0.256 e. The Balaban J connectivity index is 2.29. The van der Waals surface area contributed by atoms with Gasteiger partial charge in [0.1, 0.15) is 0 Å². The Morgan fingerprint density at radius 3 is 2.84 bits per heavy atom. The lowest BCUT2D eigenvalue weighted by molar-refractivity contribution is 0.0474. The van der Waals surface area contributed by atoms with Gasteiger partial charge in [-0.25, -0.2) is 0 Å². The zero-order valence-corrected chi connectivity index (χ0v) is 11.5. The van der Waals surface area contributed by atoms with Crippen LogP contribution in [0.25, 0.3) is 0 Å². The van der Waals surface area contributed by atoms with Gasteiger partial charge < -0.3 is 20.6 Å². The number of aliphatic hydroxyl groups is 1. The van der Waals surface area contributed by atoms with Gasteiger partial charge in [0, 0.05) is 38.6 Å². The predicted octanol–water partition coefficient (Wildman–Crippen LogP) is 0.932. The summed E-state index contributed by atoms with van der Waals surface area (Å²) in [5, 5.41) is 9.68. The van der Waals surface area contributed by atoms with E-state index in [1.165, 1.54) is 0 Å². The number of rotatable bonds is 2. The van der Waals surface area contributed by atoms with Gasteiger partial charge in [-0.3, -0.25) is 4.79 Å². The molecule has 1 fully saturated rings. The molecule has 19 heavy (non-hydrogen) atoms. The third-order valence-corrected chi connectivity index (χ3v) is 3.42. The topological polar surface area (TPSA) is 69.8 Å². The Morgan fingerprint density at radius 2 is 2.21 bits per heavy atom. The van der Waals surface area contributed by atoms with Crippen LogP contribution in [0.2, 0.25) is 0 Å². The van der Waals surface area contributed by atoms with Crippen molar-refractivity contribution < 1.29 is 9.90 Å². The van der Waals surface area contributed by atoms with Gasteiger partial charge >= 0.3 is 0 Å². The first kappa shape index (κ1) is 13.7. The zero-order valence-electron chi connectivity index (χ0n) is 11.5. The highest BCUT2D eigenvalue weighted by Crippen LogP contribution is 2.24. The molecule has 104 valence electrons. The van der Waals surface area contributed by atoms with E-state index in [2.05, 4.69) is 0 Å². The number of nitrogens with two attached hydrogens (primary N) is 1. The van der Waals surface area contributed by atoms with E-state index in [0.29, 0.717) is 24.3 Å². The molecule has 1 saturated heterocycles. The van der Waals surface area contributed by atoms with Gasteiger partial charge in [0.15, 0.2) is 0 Å². The molecular weight excluding hydrogens is 242 g/mol. The summed E-state index contributed by atoms with van der Waals surface area (Å²) in [4.78, 5) is 16.2. The average molecular weight is 263 g/mol. The van der Waals surface area contributed by atoms with Gasteiger partial charge in [-0.05, 0) is 31.0 Å². The van der Waals surface area contributed by atoms with Crippen LogP contribution in [-0.2, 0) is 0 Å². The van der Waals surface area contributed by atoms with E-state index < -0.39 is 6.10 Å². The second kappa shape index (κ2) is 5.48. The molecular formula is C14H21N3O2. The quantitative estimate of drug-likeness (QED) is 0.779. The Hall–Kier alpha value is -1.75. The van der Waals surface area contributed by atoms with Crippen LogP contribution < -0.4 is 10.6 Å². The lowest BCUT2D eigenvalue weighted by Gasteiger charge is -2.31. The Labute approximate surface area is 113 Å². The molecule has 3 N–H and O–H groups in total. The fourth-order valence-corrected chi connectivity index (χ4v) is 2.42. The Morgan fingerprint density at radius 1 is 1.47 bits per heavy atom. The lowest BCUT2D eigenvalue weighted by atomic mass is 10.1. The number of aliphatic hydroxyl groups excluding tert-OH is 1. The lowest BCUT2D eigenvalue weighted by Crippen LogP contribution is -2.42. The number of hydrogen-bond acceptors (Lipinski definition) is 4. The summed E-state index contributed by atoms with van der Waals surface area (Å²) >= 11 is 0. The average Bonchev–Trinajstić information content (AvgIpc) is 2.37. The molecule has 1 heterocycles. The van der Waals surface area contributed by atoms with E-state index >= 15 is 0 Å². The minimum Gasteiger partial charge on any atom is -0.399 e. The van der Waals surface area contributed by atoms with E-state index in [0.717, 1.165) is 18.5 Å². The van der Waals surface area contributed by atoms with Crippen LogP contribution in [0.15, 0.2) is 18.2 Å². The minimum atomic E-state index is -0.415. The summed E-state index contributed by atoms with van der Waals surface area (Å²) in [6.45, 7) is 1.10. The van der Waals surface area contributed by atoms with E-state index in [4.69, 9.17) is 5.73 Å². The van der Waals surface area contributed by atoms with Crippen molar-refractivity contribution in [1.29, 1.82) is 0 Å². The van der Waals surface area contributed by atoms with E-state index in [1.807, 2.05) is 25.1 Å². The van der Waals surface area contributed by atoms with E-state index in [-0.39, 0.29) is 5.91 Å². The second-order valence-electron chi connectivity index (χ2n) is 5.22. The maximum atomic E-state index is 12.6. The van der Waals surface area contributed by atoms with Crippen molar-refractivity contribution in [1.82, 2.24) is 4.90 Å². The molecule has 0 spiro atoms. The molecule has 1 aliphatic heterocycles.